The molecule has 0 atom stereocenters. The molecule has 0 fully saturated rings. The number of halogens is 4. The first-order chi connectivity index (χ1) is 24.9. The van der Waals surface area contributed by atoms with Crippen LogP contribution in [0.4, 0.5) is 28.0 Å². The van der Waals surface area contributed by atoms with Gasteiger partial charge in [0, 0.05) is 28.8 Å². The van der Waals surface area contributed by atoms with E-state index in [0.29, 0.717) is 11.1 Å². The van der Waals surface area contributed by atoms with Crippen molar-refractivity contribution < 1.29 is 40.3 Å². The Balaban J connectivity index is 1.50. The van der Waals surface area contributed by atoms with Crippen molar-refractivity contribution in [3.05, 3.63) is 130 Å². The van der Waals surface area contributed by atoms with Crippen molar-refractivity contribution in [2.45, 2.75) is 63.8 Å². The summed E-state index contributed by atoms with van der Waals surface area (Å²) >= 11 is 0. The number of benzene rings is 4. The van der Waals surface area contributed by atoms with Gasteiger partial charge in [0.05, 0.1) is 22.7 Å². The summed E-state index contributed by atoms with van der Waals surface area (Å²) in [7, 11) is -4.47. The fourth-order valence-electron chi connectivity index (χ4n) is 5.39. The lowest BCUT2D eigenvalue weighted by Crippen LogP contribution is -2.36. The Morgan fingerprint density at radius 2 is 1.58 bits per heavy atom. The highest BCUT2D eigenvalue weighted by molar-refractivity contribution is 7.90. The Bertz CT molecular complexity index is 2330. The molecule has 5 rings (SSSR count). The molecule has 0 aliphatic rings. The number of amides is 2. The van der Waals surface area contributed by atoms with Crippen LogP contribution in [0.5, 0.6) is 0 Å². The molecule has 1 heterocycles. The molecule has 0 saturated carbocycles. The van der Waals surface area contributed by atoms with Crippen molar-refractivity contribution in [1.29, 1.82) is 0 Å². The molecule has 2 amide bonds. The van der Waals surface area contributed by atoms with Gasteiger partial charge in [0.25, 0.3) is 15.9 Å². The third-order valence-corrected chi connectivity index (χ3v) is 9.09. The zero-order valence-corrected chi connectivity index (χ0v) is 29.8. The molecule has 0 aliphatic heterocycles. The van der Waals surface area contributed by atoms with Crippen LogP contribution in [0.25, 0.3) is 16.8 Å². The molecular weight excluding hydrogens is 718 g/mol. The zero-order chi connectivity index (χ0) is 38.7. The van der Waals surface area contributed by atoms with Gasteiger partial charge in [0.2, 0.25) is 0 Å². The van der Waals surface area contributed by atoms with E-state index in [0.717, 1.165) is 28.8 Å². The average Bonchev–Trinajstić information content (AvgIpc) is 3.38. The van der Waals surface area contributed by atoms with E-state index in [4.69, 9.17) is 4.74 Å². The Hall–Kier alpha value is -5.77. The molecule has 5 aromatic rings. The predicted molar refractivity (Wildman–Crippen MR) is 189 cm³/mol. The Labute approximate surface area is 302 Å². The number of anilines is 1. The smallest absolute Gasteiger partial charge is 0.421 e. The number of nitrogens with one attached hydrogen (secondary N) is 2. The second-order valence-corrected chi connectivity index (χ2v) is 14.6. The zero-order valence-electron chi connectivity index (χ0n) is 29.0. The third kappa shape index (κ3) is 9.00. The van der Waals surface area contributed by atoms with E-state index in [2.05, 4.69) is 10.4 Å². The van der Waals surface area contributed by atoms with E-state index >= 15 is 4.39 Å². The van der Waals surface area contributed by atoms with Crippen LogP contribution >= 0.6 is 0 Å². The highest BCUT2D eigenvalue weighted by Gasteiger charge is 2.35. The number of rotatable bonds is 10. The maximum Gasteiger partial charge on any atom is 0.421 e. The van der Waals surface area contributed by atoms with E-state index in [-0.39, 0.29) is 45.1 Å². The first-order valence-corrected chi connectivity index (χ1v) is 17.8. The number of ether oxygens (including phenoxy) is 1. The fraction of sp³-hybridized carbons (Fsp3) is 0.243. The lowest BCUT2D eigenvalue weighted by atomic mass is 10.0. The third-order valence-electron chi connectivity index (χ3n) is 7.72. The lowest BCUT2D eigenvalue weighted by molar-refractivity contribution is -0.137. The number of carbonyl (C=O) groups excluding carboxylic acids is 2. The first-order valence-electron chi connectivity index (χ1n) is 16.3. The topological polar surface area (TPSA) is 141 Å². The van der Waals surface area contributed by atoms with Gasteiger partial charge in [0.1, 0.15) is 17.2 Å². The molecule has 11 nitrogen and oxygen atoms in total. The second-order valence-electron chi connectivity index (χ2n) is 12.9. The van der Waals surface area contributed by atoms with Crippen LogP contribution in [0.3, 0.4) is 0 Å². The minimum absolute atomic E-state index is 0.0226. The standard InChI is InChI=1S/C37H35F4N5O6S/c1-5-11-32-43-46(30-21-26(18-19-28(30)37(39,40)41)42-33(47)23-12-7-6-8-13-23)35(49)45(32)22-25-17-16-24(20-29(25)38)27-14-9-10-15-31(27)53(50,51)44-34(48)52-36(2,3)4/h6-10,12-21H,5,11,22H2,1-4H3,(H,42,47)(H,44,48). The SMILES string of the molecule is CCCc1nn(-c2cc(NC(=O)c3ccccc3)ccc2C(F)(F)F)c(=O)n1Cc1ccc(-c2ccccc2S(=O)(=O)NC(=O)OC(C)(C)C)cc1F. The number of carbonyl (C=O) groups is 2. The lowest BCUT2D eigenvalue weighted by Gasteiger charge is -2.20. The van der Waals surface area contributed by atoms with E-state index in [1.54, 1.807) is 45.9 Å². The minimum Gasteiger partial charge on any atom is -0.443 e. The summed E-state index contributed by atoms with van der Waals surface area (Å²) in [6.45, 7) is 6.04. The number of nitrogens with zero attached hydrogens (tertiary/aromatic N) is 3. The monoisotopic (exact) mass is 753 g/mol. The molecule has 53 heavy (non-hydrogen) atoms. The van der Waals surface area contributed by atoms with Crippen molar-refractivity contribution >= 4 is 27.7 Å². The van der Waals surface area contributed by atoms with Crippen LogP contribution in [-0.2, 0) is 33.9 Å². The van der Waals surface area contributed by atoms with E-state index in [1.165, 1.54) is 48.5 Å². The first kappa shape index (κ1) is 38.5. The van der Waals surface area contributed by atoms with Crippen LogP contribution in [0.1, 0.15) is 61.4 Å². The van der Waals surface area contributed by atoms with Gasteiger partial charge in [-0.3, -0.25) is 9.36 Å². The van der Waals surface area contributed by atoms with Crippen molar-refractivity contribution in [2.24, 2.45) is 0 Å². The number of alkyl halides is 3. The van der Waals surface area contributed by atoms with Crippen LogP contribution in [-0.4, -0.2) is 40.4 Å². The molecule has 0 aliphatic carbocycles. The van der Waals surface area contributed by atoms with Gasteiger partial charge in [-0.2, -0.15) is 17.9 Å². The van der Waals surface area contributed by atoms with E-state index in [9.17, 15) is 36.0 Å². The molecule has 16 heteroatoms. The highest BCUT2D eigenvalue weighted by atomic mass is 32.2. The quantitative estimate of drug-likeness (QED) is 0.142. The number of sulfonamides is 1. The van der Waals surface area contributed by atoms with Gasteiger partial charge in [-0.05, 0) is 75.2 Å². The van der Waals surface area contributed by atoms with Crippen LogP contribution in [0, 0.1) is 5.82 Å². The largest absolute Gasteiger partial charge is 0.443 e. The predicted octanol–water partition coefficient (Wildman–Crippen LogP) is 7.33. The van der Waals surface area contributed by atoms with E-state index < -0.39 is 63.1 Å². The second kappa shape index (κ2) is 15.1. The summed E-state index contributed by atoms with van der Waals surface area (Å²) in [5.41, 5.74) is -3.41. The molecule has 4 aromatic carbocycles. The van der Waals surface area contributed by atoms with Crippen molar-refractivity contribution in [3.8, 4) is 16.8 Å². The molecule has 278 valence electrons. The molecular formula is C37H35F4N5O6S. The Morgan fingerprint density at radius 3 is 2.23 bits per heavy atom. The highest BCUT2D eigenvalue weighted by Crippen LogP contribution is 2.35. The Morgan fingerprint density at radius 1 is 0.906 bits per heavy atom. The van der Waals surface area contributed by atoms with Gasteiger partial charge in [-0.15, -0.1) is 5.10 Å². The average molecular weight is 754 g/mol. The summed E-state index contributed by atoms with van der Waals surface area (Å²) in [4.78, 5) is 38.5. The molecule has 0 bridgehead atoms. The van der Waals surface area contributed by atoms with Gasteiger partial charge >= 0.3 is 18.0 Å². The number of hydrogen-bond acceptors (Lipinski definition) is 7. The number of aryl methyl sites for hydroxylation is 1. The summed E-state index contributed by atoms with van der Waals surface area (Å²) in [5.74, 6) is -1.35. The maximum atomic E-state index is 15.8. The molecule has 0 unspecified atom stereocenters. The normalized spacial score (nSPS) is 12.0. The maximum absolute atomic E-state index is 15.8. The van der Waals surface area contributed by atoms with Crippen molar-refractivity contribution in [2.75, 3.05) is 5.32 Å². The molecule has 0 spiro atoms. The van der Waals surface area contributed by atoms with Crippen LogP contribution in [0.15, 0.2) is 101 Å². The molecule has 1 aromatic heterocycles. The van der Waals surface area contributed by atoms with Gasteiger partial charge in [-0.1, -0.05) is 55.5 Å². The van der Waals surface area contributed by atoms with Gasteiger partial charge < -0.3 is 10.1 Å². The summed E-state index contributed by atoms with van der Waals surface area (Å²) < 4.78 is 93.4. The van der Waals surface area contributed by atoms with Crippen molar-refractivity contribution in [1.82, 2.24) is 19.1 Å². The van der Waals surface area contributed by atoms with Crippen molar-refractivity contribution in [3.63, 3.8) is 0 Å². The molecule has 2 N–H and O–H groups in total. The Kier molecular flexibility index (Phi) is 10.9. The molecule has 0 saturated heterocycles. The van der Waals surface area contributed by atoms with Gasteiger partial charge in [-0.25, -0.2) is 27.1 Å². The number of aromatic nitrogens is 3. The van der Waals surface area contributed by atoms with E-state index in [1.807, 2.05) is 4.72 Å². The molecule has 0 radical (unpaired) electrons. The summed E-state index contributed by atoms with van der Waals surface area (Å²) in [6.07, 6.45) is -5.50. The van der Waals surface area contributed by atoms with Crippen LogP contribution < -0.4 is 15.7 Å². The summed E-state index contributed by atoms with van der Waals surface area (Å²) in [5, 5.41) is 6.76. The van der Waals surface area contributed by atoms with Gasteiger partial charge in [0.15, 0.2) is 0 Å². The minimum atomic E-state index is -4.90. The van der Waals surface area contributed by atoms with Crippen LogP contribution in [0.2, 0.25) is 0 Å². The fourth-order valence-corrected chi connectivity index (χ4v) is 6.50. The summed E-state index contributed by atoms with van der Waals surface area (Å²) in [6, 6.07) is 20.2. The number of hydrogen-bond donors (Lipinski definition) is 2.